The lowest BCUT2D eigenvalue weighted by molar-refractivity contribution is -0.161. The van der Waals surface area contributed by atoms with Gasteiger partial charge in [-0.1, -0.05) is 267 Å². The fourth-order valence-corrected chi connectivity index (χ4v) is 11.2. The molecule has 19 heteroatoms. The predicted octanol–water partition coefficient (Wildman–Crippen LogP) is 17.9. The number of carbonyl (C=O) groups is 4. The standard InChI is InChI=1S/C65H126O17P2/c1-8-11-12-13-14-15-25-32-39-46-62(67)75-52-60(81-64(69)48-41-34-27-19-16-22-29-36-43-56(4)5)54-79-83(71,72)77-50-59(66)51-78-84(73,74)80-55-61(82-65(70)49-42-35-28-21-18-24-31-38-45-58(7)10-3)53-76-63(68)47-40-33-26-20-17-23-30-37-44-57(6)9-2/h56-61,66H,8-55H2,1-7H3,(H,71,72)(H,73,74)/t57?,58?,59-,60+,61+/m0/s1. The Morgan fingerprint density at radius 3 is 0.905 bits per heavy atom. The molecule has 0 radical (unpaired) electrons. The third-order valence-corrected chi connectivity index (χ3v) is 17.5. The van der Waals surface area contributed by atoms with E-state index in [1.54, 1.807) is 0 Å². The Morgan fingerprint density at radius 1 is 0.345 bits per heavy atom. The van der Waals surface area contributed by atoms with Gasteiger partial charge in [-0.25, -0.2) is 9.13 Å². The number of aliphatic hydroxyl groups is 1. The van der Waals surface area contributed by atoms with Crippen molar-refractivity contribution in [3.8, 4) is 0 Å². The Balaban J connectivity index is 5.26. The van der Waals surface area contributed by atoms with Crippen molar-refractivity contribution in [2.45, 2.75) is 336 Å². The number of carbonyl (C=O) groups excluding carboxylic acids is 4. The second kappa shape index (κ2) is 56.3. The number of esters is 4. The average molecular weight is 1240 g/mol. The number of rotatable bonds is 63. The summed E-state index contributed by atoms with van der Waals surface area (Å²) in [4.78, 5) is 72.3. The van der Waals surface area contributed by atoms with Crippen molar-refractivity contribution in [2.75, 3.05) is 39.6 Å². The first-order chi connectivity index (χ1) is 40.3. The molecule has 0 bridgehead atoms. The van der Waals surface area contributed by atoms with Crippen LogP contribution in [0.1, 0.15) is 318 Å². The van der Waals surface area contributed by atoms with E-state index < -0.39 is 97.5 Å². The van der Waals surface area contributed by atoms with Gasteiger partial charge in [-0.05, 0) is 43.4 Å². The van der Waals surface area contributed by atoms with E-state index in [0.29, 0.717) is 25.7 Å². The molecule has 84 heavy (non-hydrogen) atoms. The number of hydrogen-bond acceptors (Lipinski definition) is 15. The Bertz CT molecular complexity index is 1670. The summed E-state index contributed by atoms with van der Waals surface area (Å²) < 4.78 is 68.0. The Hall–Kier alpha value is -1.94. The molecule has 0 aliphatic heterocycles. The van der Waals surface area contributed by atoms with Gasteiger partial charge in [-0.15, -0.1) is 0 Å². The third kappa shape index (κ3) is 56.6. The quantitative estimate of drug-likeness (QED) is 0.0222. The van der Waals surface area contributed by atoms with Crippen molar-refractivity contribution in [1.29, 1.82) is 0 Å². The van der Waals surface area contributed by atoms with E-state index in [0.717, 1.165) is 108 Å². The molecular weight excluding hydrogens is 1110 g/mol. The summed E-state index contributed by atoms with van der Waals surface area (Å²) in [5.74, 6) is 0.128. The van der Waals surface area contributed by atoms with Gasteiger partial charge in [0.05, 0.1) is 26.4 Å². The molecule has 0 aromatic rings. The number of phosphoric acid groups is 2. The number of hydrogen-bond donors (Lipinski definition) is 3. The van der Waals surface area contributed by atoms with Gasteiger partial charge in [-0.3, -0.25) is 37.3 Å². The van der Waals surface area contributed by atoms with Gasteiger partial charge in [0.15, 0.2) is 12.2 Å². The molecule has 0 saturated heterocycles. The van der Waals surface area contributed by atoms with E-state index in [4.69, 9.17) is 37.0 Å². The first-order valence-corrected chi connectivity index (χ1v) is 36.9. The molecule has 0 amide bonds. The molecule has 0 aliphatic carbocycles. The first-order valence-electron chi connectivity index (χ1n) is 33.9. The summed E-state index contributed by atoms with van der Waals surface area (Å²) in [5.41, 5.74) is 0. The van der Waals surface area contributed by atoms with Gasteiger partial charge >= 0.3 is 39.5 Å². The average Bonchev–Trinajstić information content (AvgIpc) is 3.53. The van der Waals surface area contributed by atoms with Crippen LogP contribution in [0.25, 0.3) is 0 Å². The summed E-state index contributed by atoms with van der Waals surface area (Å²) in [5, 5.41) is 10.5. The van der Waals surface area contributed by atoms with Crippen LogP contribution in [-0.2, 0) is 65.4 Å². The molecule has 4 unspecified atom stereocenters. The zero-order valence-corrected chi connectivity index (χ0v) is 56.1. The minimum absolute atomic E-state index is 0.104. The lowest BCUT2D eigenvalue weighted by Gasteiger charge is -2.21. The molecule has 17 nitrogen and oxygen atoms in total. The second-order valence-corrected chi connectivity index (χ2v) is 27.4. The number of phosphoric ester groups is 2. The SMILES string of the molecule is CCCCCCCCCCCC(=O)OC[C@H](COP(=O)(O)OC[C@H](O)COP(=O)(O)OC[C@@H](COC(=O)CCCCCCCCCCC(C)CC)OC(=O)CCCCCCCCCCC(C)CC)OC(=O)CCCCCCCCCCC(C)C. The van der Waals surface area contributed by atoms with E-state index in [1.807, 2.05) is 0 Å². The smallest absolute Gasteiger partial charge is 0.462 e. The first kappa shape index (κ1) is 82.1. The van der Waals surface area contributed by atoms with E-state index in [-0.39, 0.29) is 25.7 Å². The maximum Gasteiger partial charge on any atom is 0.472 e. The van der Waals surface area contributed by atoms with Gasteiger partial charge < -0.3 is 33.8 Å². The van der Waals surface area contributed by atoms with Crippen molar-refractivity contribution in [3.63, 3.8) is 0 Å². The van der Waals surface area contributed by atoms with Crippen molar-refractivity contribution in [3.05, 3.63) is 0 Å². The maximum atomic E-state index is 13.0. The van der Waals surface area contributed by atoms with Crippen LogP contribution in [0.2, 0.25) is 0 Å². The van der Waals surface area contributed by atoms with Gasteiger partial charge in [0.2, 0.25) is 0 Å². The van der Waals surface area contributed by atoms with Crippen molar-refractivity contribution >= 4 is 39.5 Å². The molecule has 0 fully saturated rings. The molecule has 0 aromatic carbocycles. The van der Waals surface area contributed by atoms with Crippen molar-refractivity contribution in [1.82, 2.24) is 0 Å². The summed E-state index contributed by atoms with van der Waals surface area (Å²) in [7, 11) is -9.89. The normalized spacial score (nSPS) is 15.0. The minimum atomic E-state index is -4.95. The minimum Gasteiger partial charge on any atom is -0.462 e. The molecule has 0 spiro atoms. The highest BCUT2D eigenvalue weighted by Gasteiger charge is 2.30. The predicted molar refractivity (Wildman–Crippen MR) is 335 cm³/mol. The van der Waals surface area contributed by atoms with Gasteiger partial charge in [0.25, 0.3) is 0 Å². The number of ether oxygens (including phenoxy) is 4. The van der Waals surface area contributed by atoms with Gasteiger partial charge in [-0.2, -0.15) is 0 Å². The summed E-state index contributed by atoms with van der Waals surface area (Å²) in [6.45, 7) is 11.7. The fraction of sp³-hybridized carbons (Fsp3) is 0.938. The lowest BCUT2D eigenvalue weighted by Crippen LogP contribution is -2.30. The number of unbranched alkanes of at least 4 members (excludes halogenated alkanes) is 29. The van der Waals surface area contributed by atoms with Crippen LogP contribution in [-0.4, -0.2) is 96.7 Å². The Kier molecular flexibility index (Phi) is 55.0. The van der Waals surface area contributed by atoms with E-state index in [1.165, 1.54) is 128 Å². The molecular formula is C65H126O17P2. The van der Waals surface area contributed by atoms with Crippen LogP contribution in [0.5, 0.6) is 0 Å². The number of aliphatic hydroxyl groups excluding tert-OH is 1. The molecule has 0 rings (SSSR count). The van der Waals surface area contributed by atoms with E-state index in [2.05, 4.69) is 48.5 Å². The molecule has 0 saturated carbocycles. The summed E-state index contributed by atoms with van der Waals surface area (Å²) in [6.07, 6.45) is 37.5. The van der Waals surface area contributed by atoms with Crippen molar-refractivity contribution < 1.29 is 80.2 Å². The summed E-state index contributed by atoms with van der Waals surface area (Å²) >= 11 is 0. The Labute approximate surface area is 511 Å². The van der Waals surface area contributed by atoms with Crippen LogP contribution in [0, 0.1) is 17.8 Å². The highest BCUT2D eigenvalue weighted by atomic mass is 31.2. The summed E-state index contributed by atoms with van der Waals surface area (Å²) in [6, 6.07) is 0. The maximum absolute atomic E-state index is 13.0. The lowest BCUT2D eigenvalue weighted by atomic mass is 9.99. The van der Waals surface area contributed by atoms with Crippen LogP contribution >= 0.6 is 15.6 Å². The highest BCUT2D eigenvalue weighted by molar-refractivity contribution is 7.47. The van der Waals surface area contributed by atoms with E-state index >= 15 is 0 Å². The molecule has 3 N–H and O–H groups in total. The van der Waals surface area contributed by atoms with Crippen LogP contribution < -0.4 is 0 Å². The second-order valence-electron chi connectivity index (χ2n) is 24.5. The van der Waals surface area contributed by atoms with Crippen LogP contribution in [0.3, 0.4) is 0 Å². The Morgan fingerprint density at radius 2 is 0.607 bits per heavy atom. The largest absolute Gasteiger partial charge is 0.472 e. The van der Waals surface area contributed by atoms with Crippen molar-refractivity contribution in [2.24, 2.45) is 17.8 Å². The molecule has 0 aliphatic rings. The van der Waals surface area contributed by atoms with Gasteiger partial charge in [0.1, 0.15) is 19.3 Å². The van der Waals surface area contributed by atoms with Gasteiger partial charge in [0, 0.05) is 25.7 Å². The fourth-order valence-electron chi connectivity index (χ4n) is 9.59. The zero-order valence-electron chi connectivity index (χ0n) is 54.4. The third-order valence-electron chi connectivity index (χ3n) is 15.6. The van der Waals surface area contributed by atoms with Crippen LogP contribution in [0.15, 0.2) is 0 Å². The highest BCUT2D eigenvalue weighted by Crippen LogP contribution is 2.45. The zero-order chi connectivity index (χ0) is 62.4. The van der Waals surface area contributed by atoms with E-state index in [9.17, 15) is 43.2 Å². The molecule has 0 heterocycles. The monoisotopic (exact) mass is 1240 g/mol. The van der Waals surface area contributed by atoms with Crippen LogP contribution in [0.4, 0.5) is 0 Å². The molecule has 498 valence electrons. The molecule has 0 aromatic heterocycles. The topological polar surface area (TPSA) is 237 Å². The molecule has 7 atom stereocenters.